The van der Waals surface area contributed by atoms with Crippen LogP contribution in [0.4, 0.5) is 0 Å². The summed E-state index contributed by atoms with van der Waals surface area (Å²) in [4.78, 5) is 10.7. The summed E-state index contributed by atoms with van der Waals surface area (Å²) in [5.74, 6) is -0.566. The topological polar surface area (TPSA) is 87.6 Å². The summed E-state index contributed by atoms with van der Waals surface area (Å²) in [7, 11) is 0. The molecule has 0 fully saturated rings. The van der Waals surface area contributed by atoms with E-state index in [2.05, 4.69) is 0 Å². The lowest BCUT2D eigenvalue weighted by atomic mass is 10.1. The maximum absolute atomic E-state index is 10.7. The van der Waals surface area contributed by atoms with Gasteiger partial charge in [-0.1, -0.05) is 0 Å². The highest BCUT2D eigenvalue weighted by Crippen LogP contribution is 1.97. The first-order valence-electron chi connectivity index (χ1n) is 4.25. The number of hydrogen-bond donors (Lipinski definition) is 2. The molecule has 0 radical (unpaired) electrons. The molecule has 0 aliphatic heterocycles. The van der Waals surface area contributed by atoms with E-state index in [-0.39, 0.29) is 6.61 Å². The Morgan fingerprint density at radius 1 is 1.38 bits per heavy atom. The summed E-state index contributed by atoms with van der Waals surface area (Å²) >= 11 is 0. The normalized spacial score (nSPS) is 15.3. The predicted octanol–water partition coefficient (Wildman–Crippen LogP) is -0.758. The first kappa shape index (κ1) is 12.3. The molecular weight excluding hydrogens is 172 g/mol. The van der Waals surface area contributed by atoms with Crippen molar-refractivity contribution in [2.45, 2.75) is 19.4 Å². The summed E-state index contributed by atoms with van der Waals surface area (Å²) in [6, 6.07) is 0. The Labute approximate surface area is 78.4 Å². The summed E-state index contributed by atoms with van der Waals surface area (Å²) in [6.07, 6.45) is 0. The van der Waals surface area contributed by atoms with Gasteiger partial charge in [-0.3, -0.25) is 4.79 Å². The molecule has 13 heavy (non-hydrogen) atoms. The van der Waals surface area contributed by atoms with Gasteiger partial charge in [-0.2, -0.15) is 0 Å². The van der Waals surface area contributed by atoms with Crippen molar-refractivity contribution in [3.05, 3.63) is 0 Å². The summed E-state index contributed by atoms with van der Waals surface area (Å²) in [5, 5.41) is 0. The fraction of sp³-hybridized carbons (Fsp3) is 0.875. The highest BCUT2D eigenvalue weighted by atomic mass is 16.5. The SMILES string of the molecule is CCOCCOCC(C)(N)C(N)=O. The zero-order valence-corrected chi connectivity index (χ0v) is 8.21. The number of nitrogens with two attached hydrogens (primary N) is 2. The van der Waals surface area contributed by atoms with Crippen LogP contribution in [0.3, 0.4) is 0 Å². The Bertz CT molecular complexity index is 159. The highest BCUT2D eigenvalue weighted by Gasteiger charge is 2.25. The molecule has 1 atom stereocenters. The van der Waals surface area contributed by atoms with Crippen LogP contribution in [-0.2, 0) is 14.3 Å². The van der Waals surface area contributed by atoms with Crippen LogP contribution in [0.2, 0.25) is 0 Å². The number of rotatable bonds is 7. The number of primary amides is 1. The van der Waals surface area contributed by atoms with Gasteiger partial charge in [0.25, 0.3) is 0 Å². The van der Waals surface area contributed by atoms with E-state index in [1.54, 1.807) is 0 Å². The van der Waals surface area contributed by atoms with Gasteiger partial charge in [0.15, 0.2) is 0 Å². The molecule has 0 saturated heterocycles. The average Bonchev–Trinajstić information content (AvgIpc) is 2.03. The van der Waals surface area contributed by atoms with E-state index in [1.165, 1.54) is 6.92 Å². The van der Waals surface area contributed by atoms with Gasteiger partial charge in [-0.15, -0.1) is 0 Å². The third kappa shape index (κ3) is 5.57. The zero-order chi connectivity index (χ0) is 10.3. The van der Waals surface area contributed by atoms with Gasteiger partial charge in [0.1, 0.15) is 5.54 Å². The van der Waals surface area contributed by atoms with Crippen LogP contribution >= 0.6 is 0 Å². The lowest BCUT2D eigenvalue weighted by molar-refractivity contribution is -0.124. The number of ether oxygens (including phenoxy) is 2. The van der Waals surface area contributed by atoms with Crippen molar-refractivity contribution in [1.29, 1.82) is 0 Å². The van der Waals surface area contributed by atoms with Crippen molar-refractivity contribution < 1.29 is 14.3 Å². The molecule has 1 amide bonds. The van der Waals surface area contributed by atoms with E-state index in [9.17, 15) is 4.79 Å². The Morgan fingerprint density at radius 3 is 2.38 bits per heavy atom. The molecule has 1 unspecified atom stereocenters. The lowest BCUT2D eigenvalue weighted by Gasteiger charge is -2.19. The van der Waals surface area contributed by atoms with Crippen molar-refractivity contribution in [2.75, 3.05) is 26.4 Å². The van der Waals surface area contributed by atoms with Crippen LogP contribution in [0.5, 0.6) is 0 Å². The van der Waals surface area contributed by atoms with E-state index in [4.69, 9.17) is 20.9 Å². The van der Waals surface area contributed by atoms with E-state index in [0.717, 1.165) is 0 Å². The summed E-state index contributed by atoms with van der Waals surface area (Å²) < 4.78 is 10.1. The van der Waals surface area contributed by atoms with Gasteiger partial charge in [-0.05, 0) is 13.8 Å². The van der Waals surface area contributed by atoms with Gasteiger partial charge in [0, 0.05) is 6.61 Å². The largest absolute Gasteiger partial charge is 0.379 e. The molecule has 0 bridgehead atoms. The van der Waals surface area contributed by atoms with Crippen molar-refractivity contribution >= 4 is 5.91 Å². The molecule has 0 spiro atoms. The molecule has 0 aliphatic rings. The van der Waals surface area contributed by atoms with Gasteiger partial charge < -0.3 is 20.9 Å². The molecule has 5 nitrogen and oxygen atoms in total. The minimum Gasteiger partial charge on any atom is -0.379 e. The van der Waals surface area contributed by atoms with Crippen molar-refractivity contribution in [1.82, 2.24) is 0 Å². The van der Waals surface area contributed by atoms with Crippen LogP contribution in [-0.4, -0.2) is 37.9 Å². The molecule has 0 aromatic rings. The summed E-state index contributed by atoms with van der Waals surface area (Å²) in [5.41, 5.74) is 9.48. The smallest absolute Gasteiger partial charge is 0.239 e. The van der Waals surface area contributed by atoms with Gasteiger partial charge in [-0.25, -0.2) is 0 Å². The molecule has 0 rings (SSSR count). The van der Waals surface area contributed by atoms with Gasteiger partial charge >= 0.3 is 0 Å². The van der Waals surface area contributed by atoms with E-state index >= 15 is 0 Å². The molecule has 78 valence electrons. The number of amides is 1. The fourth-order valence-electron chi connectivity index (χ4n) is 0.618. The van der Waals surface area contributed by atoms with Crippen LogP contribution in [0.25, 0.3) is 0 Å². The van der Waals surface area contributed by atoms with Crippen LogP contribution in [0.15, 0.2) is 0 Å². The van der Waals surface area contributed by atoms with Crippen molar-refractivity contribution in [3.63, 3.8) is 0 Å². The third-order valence-electron chi connectivity index (χ3n) is 1.54. The minimum absolute atomic E-state index is 0.120. The van der Waals surface area contributed by atoms with E-state index < -0.39 is 11.4 Å². The maximum atomic E-state index is 10.7. The number of carbonyl (C=O) groups is 1. The first-order chi connectivity index (χ1) is 6.00. The summed E-state index contributed by atoms with van der Waals surface area (Å²) in [6.45, 7) is 5.14. The number of hydrogen-bond acceptors (Lipinski definition) is 4. The molecule has 0 aromatic heterocycles. The van der Waals surface area contributed by atoms with Crippen molar-refractivity contribution in [3.8, 4) is 0 Å². The molecular formula is C8H18N2O3. The third-order valence-corrected chi connectivity index (χ3v) is 1.54. The second-order valence-electron chi connectivity index (χ2n) is 3.03. The Morgan fingerprint density at radius 2 is 1.92 bits per heavy atom. The Balaban J connectivity index is 3.46. The van der Waals surface area contributed by atoms with Gasteiger partial charge in [0.2, 0.25) is 5.91 Å². The van der Waals surface area contributed by atoms with Crippen molar-refractivity contribution in [2.24, 2.45) is 11.5 Å². The average molecular weight is 190 g/mol. The lowest BCUT2D eigenvalue weighted by Crippen LogP contribution is -2.53. The quantitative estimate of drug-likeness (QED) is 0.517. The zero-order valence-electron chi connectivity index (χ0n) is 8.21. The second-order valence-corrected chi connectivity index (χ2v) is 3.03. The highest BCUT2D eigenvalue weighted by molar-refractivity contribution is 5.83. The molecule has 0 aromatic carbocycles. The van der Waals surface area contributed by atoms with Gasteiger partial charge in [0.05, 0.1) is 19.8 Å². The molecule has 0 saturated carbocycles. The molecule has 0 heterocycles. The molecule has 0 aliphatic carbocycles. The van der Waals surface area contributed by atoms with E-state index in [0.29, 0.717) is 19.8 Å². The number of carbonyl (C=O) groups excluding carboxylic acids is 1. The molecule has 5 heteroatoms. The monoisotopic (exact) mass is 190 g/mol. The Hall–Kier alpha value is -0.650. The Kier molecular flexibility index (Phi) is 5.61. The fourth-order valence-corrected chi connectivity index (χ4v) is 0.618. The predicted molar refractivity (Wildman–Crippen MR) is 49.1 cm³/mol. The minimum atomic E-state index is -1.09. The van der Waals surface area contributed by atoms with Crippen LogP contribution < -0.4 is 11.5 Å². The standard InChI is InChI=1S/C8H18N2O3/c1-3-12-4-5-13-6-8(2,10)7(9)11/h3-6,10H2,1-2H3,(H2,9,11). The van der Waals surface area contributed by atoms with E-state index in [1.807, 2.05) is 6.92 Å². The molecule has 4 N–H and O–H groups in total. The van der Waals surface area contributed by atoms with Crippen LogP contribution in [0, 0.1) is 0 Å². The maximum Gasteiger partial charge on any atom is 0.239 e. The van der Waals surface area contributed by atoms with Crippen LogP contribution in [0.1, 0.15) is 13.8 Å². The second kappa shape index (κ2) is 5.90. The first-order valence-corrected chi connectivity index (χ1v) is 4.25.